The number of hydrogen-bond acceptors (Lipinski definition) is 21. The fourth-order valence-corrected chi connectivity index (χ4v) is 9.95. The van der Waals surface area contributed by atoms with Crippen molar-refractivity contribution >= 4 is 101 Å². The minimum Gasteiger partial charge on any atom is -0.508 e. The fourth-order valence-electron chi connectivity index (χ4n) is 9.95. The summed E-state index contributed by atoms with van der Waals surface area (Å²) in [6.45, 7) is 6.29. The first-order chi connectivity index (χ1) is 49.4. The summed E-state index contributed by atoms with van der Waals surface area (Å²) in [6.07, 6.45) is -2.80. The number of benzene rings is 2. The summed E-state index contributed by atoms with van der Waals surface area (Å²) < 4.78 is 0. The number of nitrogens with two attached hydrogens (primary N) is 5. The van der Waals surface area contributed by atoms with Gasteiger partial charge in [0.1, 0.15) is 72.2 Å². The highest BCUT2D eigenvalue weighted by atomic mass is 16.4. The summed E-state index contributed by atoms with van der Waals surface area (Å²) in [5.41, 5.74) is 29.1. The Balaban J connectivity index is 1.94. The van der Waals surface area contributed by atoms with E-state index in [9.17, 15) is 102 Å². The van der Waals surface area contributed by atoms with Crippen LogP contribution in [0.1, 0.15) is 109 Å². The minimum atomic E-state index is -2.12. The topological polar surface area (TPSA) is 678 Å². The number of guanidine groups is 1. The molecule has 576 valence electrons. The third-order valence-electron chi connectivity index (χ3n) is 16.1. The van der Waals surface area contributed by atoms with Crippen LogP contribution in [0.4, 0.5) is 0 Å². The van der Waals surface area contributed by atoms with E-state index in [4.69, 9.17) is 28.7 Å². The number of imidazole rings is 1. The van der Waals surface area contributed by atoms with Crippen LogP contribution in [-0.2, 0) is 96.0 Å². The van der Waals surface area contributed by atoms with E-state index in [0.717, 1.165) is 6.92 Å². The summed E-state index contributed by atoms with van der Waals surface area (Å²) in [7, 11) is 0. The van der Waals surface area contributed by atoms with Gasteiger partial charge in [0.05, 0.1) is 31.8 Å². The van der Waals surface area contributed by atoms with Crippen molar-refractivity contribution in [1.82, 2.24) is 68.5 Å². The number of aliphatic hydroxyl groups is 1. The summed E-state index contributed by atoms with van der Waals surface area (Å²) in [4.78, 5) is 225. The molecule has 0 aliphatic rings. The Morgan fingerprint density at radius 1 is 0.486 bits per heavy atom. The molecule has 13 amide bonds. The number of aliphatic carboxylic acids is 3. The normalized spacial score (nSPS) is 14.7. The van der Waals surface area contributed by atoms with Gasteiger partial charge in [-0.15, -0.1) is 0 Å². The zero-order chi connectivity index (χ0) is 78.8. The number of primary amides is 2. The first-order valence-corrected chi connectivity index (χ1v) is 33.2. The second-order valence-corrected chi connectivity index (χ2v) is 24.9. The molecule has 105 heavy (non-hydrogen) atoms. The van der Waals surface area contributed by atoms with Crippen LogP contribution in [0.3, 0.4) is 0 Å². The number of nitrogens with zero attached hydrogens (tertiary/aromatic N) is 2. The third kappa shape index (κ3) is 31.5. The van der Waals surface area contributed by atoms with Crippen molar-refractivity contribution in [3.63, 3.8) is 0 Å². The molecular formula is C65H95N19O21. The van der Waals surface area contributed by atoms with Gasteiger partial charge in [0, 0.05) is 50.5 Å². The number of aromatic hydroxyl groups is 1. The van der Waals surface area contributed by atoms with Crippen molar-refractivity contribution in [2.45, 2.75) is 184 Å². The van der Waals surface area contributed by atoms with Crippen LogP contribution in [0, 0.1) is 11.8 Å². The summed E-state index contributed by atoms with van der Waals surface area (Å²) >= 11 is 0. The number of aromatic nitrogens is 2. The number of phenols is 1. The average molecular weight is 1480 g/mol. The number of amides is 13. The van der Waals surface area contributed by atoms with Gasteiger partial charge in [0.15, 0.2) is 5.96 Å². The van der Waals surface area contributed by atoms with Crippen molar-refractivity contribution in [3.8, 4) is 5.75 Å². The molecule has 1 heterocycles. The van der Waals surface area contributed by atoms with Crippen LogP contribution < -0.4 is 87.2 Å². The van der Waals surface area contributed by atoms with Gasteiger partial charge in [-0.2, -0.15) is 0 Å². The number of carbonyl (C=O) groups is 16. The molecule has 40 heteroatoms. The molecule has 13 atom stereocenters. The number of aliphatic hydroxyl groups excluding tert-OH is 1. The van der Waals surface area contributed by atoms with E-state index in [1.165, 1.54) is 50.6 Å². The van der Waals surface area contributed by atoms with E-state index in [0.29, 0.717) is 17.7 Å². The maximum Gasteiger partial charge on any atom is 0.305 e. The van der Waals surface area contributed by atoms with E-state index in [1.807, 2.05) is 0 Å². The maximum atomic E-state index is 14.4. The monoisotopic (exact) mass is 1480 g/mol. The molecule has 0 unspecified atom stereocenters. The highest BCUT2D eigenvalue weighted by Gasteiger charge is 2.38. The first kappa shape index (κ1) is 87.4. The number of H-pyrrole nitrogens is 1. The SMILES string of the molecule is CC[C@H](C)[C@H](N)C(=O)N[C@@H](CO)C(=O)N[C@@H](CCC(=O)O)C(=O)N[C@H](C(=O)N[C@@H](CC(N)=O)C(=O)N[C@@H](Cc1ccc(O)cc1)C(=O)N[C@@H](CC(=O)O)C(=O)N[C@@H](C)C(=O)N[C@@H](CCC(=O)O)C(=O)N[C@@H](Cc1ccccc1)C(=O)N[C@@H](CCCN=C(N)N)C(=O)N[C@@H](Cc1cnc[nH]1)C(N)=O)C(C)C. The summed E-state index contributed by atoms with van der Waals surface area (Å²) in [5, 5.41) is 75.0. The van der Waals surface area contributed by atoms with E-state index < -0.39 is 225 Å². The molecule has 0 radical (unpaired) electrons. The zero-order valence-electron chi connectivity index (χ0n) is 58.4. The summed E-state index contributed by atoms with van der Waals surface area (Å²) in [5.74, 6) is -21.1. The van der Waals surface area contributed by atoms with Crippen LogP contribution in [-0.4, -0.2) is 222 Å². The predicted octanol–water partition coefficient (Wildman–Crippen LogP) is -6.86. The van der Waals surface area contributed by atoms with Crippen molar-refractivity contribution in [3.05, 3.63) is 83.9 Å². The Morgan fingerprint density at radius 2 is 0.924 bits per heavy atom. The quantitative estimate of drug-likeness (QED) is 0.0142. The van der Waals surface area contributed by atoms with E-state index in [-0.39, 0.29) is 55.4 Å². The number of carbonyl (C=O) groups excluding carboxylic acids is 13. The van der Waals surface area contributed by atoms with Crippen molar-refractivity contribution in [2.24, 2.45) is 45.5 Å². The van der Waals surface area contributed by atoms with Crippen LogP contribution >= 0.6 is 0 Å². The number of aromatic amines is 1. The molecule has 3 aromatic rings. The van der Waals surface area contributed by atoms with Crippen molar-refractivity contribution in [2.75, 3.05) is 13.2 Å². The first-order valence-electron chi connectivity index (χ1n) is 33.2. The van der Waals surface area contributed by atoms with E-state index in [2.05, 4.69) is 73.4 Å². The zero-order valence-corrected chi connectivity index (χ0v) is 58.4. The Bertz CT molecular complexity index is 3540. The molecule has 0 aliphatic carbocycles. The molecule has 0 saturated carbocycles. The number of phenolic OH excluding ortho intramolecular Hbond substituents is 1. The molecule has 3 rings (SSSR count). The van der Waals surface area contributed by atoms with Gasteiger partial charge in [0.25, 0.3) is 0 Å². The average Bonchev–Trinajstić information content (AvgIpc) is 1.25. The second kappa shape index (κ2) is 43.8. The summed E-state index contributed by atoms with van der Waals surface area (Å²) in [6, 6.07) is -7.13. The molecule has 0 fully saturated rings. The van der Waals surface area contributed by atoms with Gasteiger partial charge in [-0.25, -0.2) is 4.98 Å². The second-order valence-electron chi connectivity index (χ2n) is 24.9. The van der Waals surface area contributed by atoms with Gasteiger partial charge in [-0.3, -0.25) is 81.7 Å². The molecular weight excluding hydrogens is 1380 g/mol. The number of hydrogen-bond donors (Lipinski definition) is 22. The number of aliphatic imine (C=N–C) groups is 1. The van der Waals surface area contributed by atoms with Gasteiger partial charge in [-0.05, 0) is 67.7 Å². The highest BCUT2D eigenvalue weighted by molar-refractivity contribution is 6.01. The number of carboxylic acid groups (broad SMARTS) is 3. The van der Waals surface area contributed by atoms with Crippen molar-refractivity contribution < 1.29 is 102 Å². The number of nitrogens with one attached hydrogen (secondary N) is 12. The smallest absolute Gasteiger partial charge is 0.305 e. The lowest BCUT2D eigenvalue weighted by Crippen LogP contribution is -2.62. The highest BCUT2D eigenvalue weighted by Crippen LogP contribution is 2.15. The minimum absolute atomic E-state index is 0.0204. The van der Waals surface area contributed by atoms with Gasteiger partial charge >= 0.3 is 17.9 Å². The lowest BCUT2D eigenvalue weighted by Gasteiger charge is -2.29. The maximum absolute atomic E-state index is 14.4. The van der Waals surface area contributed by atoms with Crippen LogP contribution in [0.15, 0.2) is 72.1 Å². The lowest BCUT2D eigenvalue weighted by atomic mass is 9.99. The fraction of sp³-hybridized carbons (Fsp3) is 0.508. The molecule has 0 saturated heterocycles. The molecule has 0 aliphatic heterocycles. The Kier molecular flexibility index (Phi) is 36.5. The van der Waals surface area contributed by atoms with Crippen LogP contribution in [0.5, 0.6) is 5.75 Å². The van der Waals surface area contributed by atoms with Gasteiger partial charge in [-0.1, -0.05) is 76.6 Å². The Hall–Kier alpha value is -11.8. The molecule has 0 bridgehead atoms. The molecule has 2 aromatic carbocycles. The van der Waals surface area contributed by atoms with E-state index in [1.54, 1.807) is 44.2 Å². The Morgan fingerprint density at radius 3 is 1.40 bits per heavy atom. The molecule has 1 aromatic heterocycles. The lowest BCUT2D eigenvalue weighted by molar-refractivity contribution is -0.142. The standard InChI is InChI=1S/C65H95N19O21/c1-6-32(4)51(67)63(104)83-46(29-85)62(103)77-40(19-21-49(90)91)57(98)84-52(31(2)3)64(105)82-44(26-47(66)87)61(102)80-43(24-35-14-16-37(86)17-15-35)60(101)81-45(27-50(92)93)58(99)74-33(5)54(95)75-39(18-20-48(88)89)56(97)79-42(23-34-11-8-7-9-12-34)59(100)76-38(13-10-22-72-65(69)70)55(96)78-41(53(68)94)25-36-28-71-30-73-36/h7-9,11-12,14-17,28,30-33,38-46,51-52,85-86H,6,10,13,18-27,29,67H2,1-5H3,(H2,66,87)(H2,68,94)(H,71,73)(H,74,99)(H,75,95)(H,76,100)(H,77,103)(H,78,96)(H,79,97)(H,80,102)(H,81,101)(H,82,105)(H,83,104)(H,84,98)(H,88,89)(H,90,91)(H,92,93)(H4,69,70,72)/t32-,33-,38-,39-,40-,41-,42-,43-,44-,45-,46-,51-,52-/m0/s1. The van der Waals surface area contributed by atoms with E-state index >= 15 is 0 Å². The molecule has 0 spiro atoms. The Labute approximate surface area is 601 Å². The van der Waals surface area contributed by atoms with Crippen LogP contribution in [0.25, 0.3) is 0 Å². The number of rotatable bonds is 47. The molecule has 40 nitrogen and oxygen atoms in total. The predicted molar refractivity (Wildman–Crippen MR) is 369 cm³/mol. The van der Waals surface area contributed by atoms with Crippen molar-refractivity contribution in [1.29, 1.82) is 0 Å². The largest absolute Gasteiger partial charge is 0.508 e. The third-order valence-corrected chi connectivity index (χ3v) is 16.1. The van der Waals surface area contributed by atoms with Gasteiger partial charge < -0.3 is 118 Å². The van der Waals surface area contributed by atoms with Gasteiger partial charge in [0.2, 0.25) is 76.8 Å². The number of carboxylic acids is 3. The molecule has 27 N–H and O–H groups in total. The van der Waals surface area contributed by atoms with Crippen LogP contribution in [0.2, 0.25) is 0 Å².